The maximum absolute atomic E-state index is 12.6. The van der Waals surface area contributed by atoms with Crippen molar-refractivity contribution < 1.29 is 24.1 Å². The van der Waals surface area contributed by atoms with Crippen molar-refractivity contribution in [3.05, 3.63) is 87.7 Å². The van der Waals surface area contributed by atoms with E-state index in [0.717, 1.165) is 21.2 Å². The van der Waals surface area contributed by atoms with Gasteiger partial charge in [-0.1, -0.05) is 57.9 Å². The van der Waals surface area contributed by atoms with E-state index in [1.807, 2.05) is 55.5 Å². The van der Waals surface area contributed by atoms with Gasteiger partial charge in [0.1, 0.15) is 17.6 Å². The number of primary amides is 1. The zero-order valence-corrected chi connectivity index (χ0v) is 19.7. The molecule has 0 radical (unpaired) electrons. The van der Waals surface area contributed by atoms with Gasteiger partial charge >= 0.3 is 6.09 Å². The number of ether oxygens (including phenoxy) is 3. The first-order valence-corrected chi connectivity index (χ1v) is 11.3. The van der Waals surface area contributed by atoms with Crippen molar-refractivity contribution in [3.8, 4) is 11.5 Å². The lowest BCUT2D eigenvalue weighted by molar-refractivity contribution is -0.150. The Morgan fingerprint density at radius 3 is 2.52 bits per heavy atom. The molecule has 0 bridgehead atoms. The van der Waals surface area contributed by atoms with Crippen LogP contribution >= 0.6 is 15.9 Å². The van der Waals surface area contributed by atoms with E-state index < -0.39 is 23.4 Å². The number of rotatable bonds is 4. The maximum atomic E-state index is 12.6. The number of aryl methyl sites for hydroxylation is 1. The van der Waals surface area contributed by atoms with E-state index in [2.05, 4.69) is 20.9 Å². The van der Waals surface area contributed by atoms with E-state index in [1.165, 1.54) is 13.3 Å². The highest BCUT2D eigenvalue weighted by molar-refractivity contribution is 9.10. The van der Waals surface area contributed by atoms with E-state index in [4.69, 9.17) is 19.9 Å². The molecule has 3 N–H and O–H groups in total. The number of amides is 1. The van der Waals surface area contributed by atoms with Crippen LogP contribution in [0.1, 0.15) is 34.6 Å². The van der Waals surface area contributed by atoms with E-state index in [1.54, 1.807) is 6.20 Å². The Bertz CT molecular complexity index is 1220. The lowest BCUT2D eigenvalue weighted by atomic mass is 9.71. The minimum Gasteiger partial charge on any atom is -0.495 e. The summed E-state index contributed by atoms with van der Waals surface area (Å²) in [6.45, 7) is 2.01. The number of pyridine rings is 1. The third-order valence-corrected chi connectivity index (χ3v) is 7.26. The van der Waals surface area contributed by atoms with Crippen LogP contribution in [0.4, 0.5) is 4.79 Å². The predicted molar refractivity (Wildman–Crippen MR) is 124 cm³/mol. The van der Waals surface area contributed by atoms with Crippen LogP contribution in [0.5, 0.6) is 11.5 Å². The molecule has 1 aliphatic heterocycles. The Hall–Kier alpha value is -3.10. The second-order valence-corrected chi connectivity index (χ2v) is 9.37. The third-order valence-electron chi connectivity index (χ3n) is 6.73. The molecule has 2 aromatic carbocycles. The zero-order chi connectivity index (χ0) is 23.4. The minimum atomic E-state index is -1.78. The molecule has 33 heavy (non-hydrogen) atoms. The first-order chi connectivity index (χ1) is 15.8. The normalized spacial score (nSPS) is 27.4. The van der Waals surface area contributed by atoms with Crippen LogP contribution in [-0.4, -0.2) is 29.4 Å². The monoisotopic (exact) mass is 510 g/mol. The van der Waals surface area contributed by atoms with Crippen LogP contribution in [0.25, 0.3) is 0 Å². The average Bonchev–Trinajstić information content (AvgIpc) is 3.20. The smallest absolute Gasteiger partial charge is 0.404 e. The van der Waals surface area contributed by atoms with Crippen molar-refractivity contribution >= 4 is 22.0 Å². The van der Waals surface area contributed by atoms with Crippen LogP contribution in [0.15, 0.2) is 65.4 Å². The van der Waals surface area contributed by atoms with Crippen molar-refractivity contribution in [2.45, 2.75) is 36.6 Å². The molecule has 1 saturated carbocycles. The van der Waals surface area contributed by atoms with Crippen LogP contribution < -0.4 is 15.2 Å². The summed E-state index contributed by atoms with van der Waals surface area (Å²) in [7, 11) is 1.50. The number of methoxy groups -OCH3 is 1. The van der Waals surface area contributed by atoms with Gasteiger partial charge in [-0.15, -0.1) is 0 Å². The van der Waals surface area contributed by atoms with Crippen molar-refractivity contribution in [2.75, 3.05) is 7.11 Å². The first kappa shape index (κ1) is 21.7. The van der Waals surface area contributed by atoms with Gasteiger partial charge in [-0.25, -0.2) is 4.79 Å². The molecule has 8 heteroatoms. The number of aliphatic hydroxyl groups is 1. The summed E-state index contributed by atoms with van der Waals surface area (Å²) in [5.41, 5.74) is 5.52. The number of carbonyl (C=O) groups is 1. The number of carbonyl (C=O) groups excluding carboxylic acids is 1. The van der Waals surface area contributed by atoms with E-state index >= 15 is 0 Å². The number of hydrogen-bond donors (Lipinski definition) is 2. The molecule has 3 aromatic rings. The molecule has 0 saturated heterocycles. The van der Waals surface area contributed by atoms with Gasteiger partial charge in [0.05, 0.1) is 25.1 Å². The van der Waals surface area contributed by atoms with Crippen molar-refractivity contribution in [1.29, 1.82) is 0 Å². The molecule has 1 amide bonds. The Morgan fingerprint density at radius 1 is 1.18 bits per heavy atom. The fourth-order valence-corrected chi connectivity index (χ4v) is 5.64. The highest BCUT2D eigenvalue weighted by Crippen LogP contribution is 2.68. The number of aromatic nitrogens is 1. The summed E-state index contributed by atoms with van der Waals surface area (Å²) in [5, 5.41) is 12.6. The summed E-state index contributed by atoms with van der Waals surface area (Å²) >= 11 is 3.48. The van der Waals surface area contributed by atoms with E-state index in [9.17, 15) is 9.90 Å². The number of benzene rings is 2. The van der Waals surface area contributed by atoms with Gasteiger partial charge in [0, 0.05) is 10.4 Å². The predicted octanol–water partition coefficient (Wildman–Crippen LogP) is 4.29. The van der Waals surface area contributed by atoms with Gasteiger partial charge in [-0.3, -0.25) is 4.98 Å². The SMILES string of the molecule is COc1cncc2c1[C@]1(O)[C@H](OC(N)=O)C[C@@H](c3ccc(C)cc3)[C@]1(c1ccc(Br)cc1)O2. The van der Waals surface area contributed by atoms with Gasteiger partial charge in [-0.2, -0.15) is 0 Å². The highest BCUT2D eigenvalue weighted by atomic mass is 79.9. The molecule has 2 heterocycles. The molecule has 2 aliphatic rings. The van der Waals surface area contributed by atoms with Gasteiger partial charge in [0.15, 0.2) is 11.2 Å². The molecule has 170 valence electrons. The number of nitrogens with two attached hydrogens (primary N) is 1. The average molecular weight is 511 g/mol. The van der Waals surface area contributed by atoms with Crippen molar-refractivity contribution in [1.82, 2.24) is 4.98 Å². The van der Waals surface area contributed by atoms with Gasteiger partial charge in [-0.05, 0) is 36.6 Å². The minimum absolute atomic E-state index is 0.295. The lowest BCUT2D eigenvalue weighted by Gasteiger charge is -2.41. The molecule has 5 rings (SSSR count). The van der Waals surface area contributed by atoms with Gasteiger partial charge in [0.2, 0.25) is 0 Å². The molecular formula is C25H23BrN2O5. The molecule has 1 aromatic heterocycles. The number of fused-ring (bicyclic) bond motifs is 3. The number of halogens is 1. The fraction of sp³-hybridized carbons (Fsp3) is 0.280. The summed E-state index contributed by atoms with van der Waals surface area (Å²) in [4.78, 5) is 16.1. The molecule has 0 spiro atoms. The van der Waals surface area contributed by atoms with Gasteiger partial charge < -0.3 is 25.1 Å². The quantitative estimate of drug-likeness (QED) is 0.542. The Labute approximate surface area is 199 Å². The molecule has 1 fully saturated rings. The van der Waals surface area contributed by atoms with E-state index in [0.29, 0.717) is 23.5 Å². The van der Waals surface area contributed by atoms with Crippen LogP contribution in [0.2, 0.25) is 0 Å². The summed E-state index contributed by atoms with van der Waals surface area (Å²) in [6.07, 6.45) is 1.40. The Kier molecular flexibility index (Phi) is 5.10. The standard InChI is InChI=1S/C25H23BrN2O5/c1-14-3-5-15(6-4-14)18-11-21(32-23(27)29)24(30)22-19(31-2)12-28-13-20(22)33-25(18,24)16-7-9-17(26)10-8-16/h3-10,12-13,18,21,30H,11H2,1-2H3,(H2,27,29)/t18-,21+,24+,25-/m0/s1. The van der Waals surface area contributed by atoms with Crippen molar-refractivity contribution in [2.24, 2.45) is 5.73 Å². The highest BCUT2D eigenvalue weighted by Gasteiger charge is 2.75. The summed E-state index contributed by atoms with van der Waals surface area (Å²) in [6, 6.07) is 15.6. The Morgan fingerprint density at radius 2 is 1.88 bits per heavy atom. The van der Waals surface area contributed by atoms with Crippen LogP contribution in [0, 0.1) is 6.92 Å². The fourth-order valence-electron chi connectivity index (χ4n) is 5.38. The summed E-state index contributed by atoms with van der Waals surface area (Å²) in [5.74, 6) is 0.344. The second kappa shape index (κ2) is 7.74. The van der Waals surface area contributed by atoms with Crippen molar-refractivity contribution in [3.63, 3.8) is 0 Å². The molecule has 0 unspecified atom stereocenters. The number of hydrogen-bond acceptors (Lipinski definition) is 6. The second-order valence-electron chi connectivity index (χ2n) is 8.45. The molecular weight excluding hydrogens is 488 g/mol. The molecule has 4 atom stereocenters. The van der Waals surface area contributed by atoms with Crippen LogP contribution in [-0.2, 0) is 15.9 Å². The molecule has 7 nitrogen and oxygen atoms in total. The third kappa shape index (κ3) is 3.04. The van der Waals surface area contributed by atoms with E-state index in [-0.39, 0.29) is 5.92 Å². The zero-order valence-electron chi connectivity index (χ0n) is 18.1. The maximum Gasteiger partial charge on any atom is 0.404 e. The lowest BCUT2D eigenvalue weighted by Crippen LogP contribution is -2.53. The van der Waals surface area contributed by atoms with Crippen LogP contribution in [0.3, 0.4) is 0 Å². The first-order valence-electron chi connectivity index (χ1n) is 10.5. The largest absolute Gasteiger partial charge is 0.495 e. The summed E-state index contributed by atoms with van der Waals surface area (Å²) < 4.78 is 18.7. The topological polar surface area (TPSA) is 104 Å². The number of nitrogens with zero attached hydrogens (tertiary/aromatic N) is 1. The molecule has 1 aliphatic carbocycles. The van der Waals surface area contributed by atoms with Gasteiger partial charge in [0.25, 0.3) is 0 Å². The Balaban J connectivity index is 1.82.